The molecule has 0 saturated heterocycles. The van der Waals surface area contributed by atoms with Crippen LogP contribution in [0.1, 0.15) is 94.1 Å². The van der Waals surface area contributed by atoms with E-state index >= 15 is 0 Å². The summed E-state index contributed by atoms with van der Waals surface area (Å²) in [6, 6.07) is 16.9. The molecule has 12 heteroatoms. The molecule has 1 aliphatic heterocycles. The number of aliphatic hydroxyl groups is 2. The Hall–Kier alpha value is -4.78. The van der Waals surface area contributed by atoms with Gasteiger partial charge in [0.15, 0.2) is 0 Å². The van der Waals surface area contributed by atoms with E-state index in [4.69, 9.17) is 28.9 Å². The Bertz CT molecular complexity index is 1960. The van der Waals surface area contributed by atoms with Crippen LogP contribution in [-0.4, -0.2) is 76.3 Å². The molecule has 0 spiro atoms. The molecule has 318 valence electrons. The van der Waals surface area contributed by atoms with Crippen LogP contribution >= 0.6 is 0 Å². The number of halogens is 1. The third-order valence-corrected chi connectivity index (χ3v) is 11.5. The van der Waals surface area contributed by atoms with Crippen molar-refractivity contribution in [2.45, 2.75) is 109 Å². The van der Waals surface area contributed by atoms with Crippen LogP contribution < -0.4 is 9.47 Å². The second kappa shape index (κ2) is 19.5. The van der Waals surface area contributed by atoms with Gasteiger partial charge in [0.25, 0.3) is 0 Å². The van der Waals surface area contributed by atoms with Gasteiger partial charge in [-0.1, -0.05) is 48.3 Å². The number of carbonyl (C=O) groups is 1. The van der Waals surface area contributed by atoms with E-state index in [1.54, 1.807) is 23.1 Å². The molecule has 3 aliphatic rings. The smallest absolute Gasteiger partial charge is 0.410 e. The molecule has 1 fully saturated rings. The summed E-state index contributed by atoms with van der Waals surface area (Å²) in [6.07, 6.45) is 8.07. The number of fused-ring (bicyclic) bond motifs is 2. The first-order chi connectivity index (χ1) is 28.4. The summed E-state index contributed by atoms with van der Waals surface area (Å²) in [5.41, 5.74) is 4.30. The Kier molecular flexibility index (Phi) is 14.5. The molecular formula is C47H60FN3O8. The molecule has 6 rings (SSSR count). The minimum atomic E-state index is -1.48. The van der Waals surface area contributed by atoms with Gasteiger partial charge in [-0.2, -0.15) is 0 Å². The van der Waals surface area contributed by atoms with E-state index in [-0.39, 0.29) is 63.0 Å². The van der Waals surface area contributed by atoms with Crippen LogP contribution in [0.3, 0.4) is 0 Å². The lowest BCUT2D eigenvalue weighted by molar-refractivity contribution is -0.256. The van der Waals surface area contributed by atoms with Crippen molar-refractivity contribution >= 4 is 11.8 Å². The van der Waals surface area contributed by atoms with Crippen molar-refractivity contribution in [3.63, 3.8) is 0 Å². The Labute approximate surface area is 347 Å². The Morgan fingerprint density at radius 2 is 1.81 bits per heavy atom. The summed E-state index contributed by atoms with van der Waals surface area (Å²) < 4.78 is 40.3. The average molecular weight is 814 g/mol. The first-order valence-electron chi connectivity index (χ1n) is 20.8. The normalized spacial score (nSPS) is 24.0. The first kappa shape index (κ1) is 43.8. The zero-order chi connectivity index (χ0) is 42.2. The number of pyridine rings is 1. The maximum atomic E-state index is 14.2. The van der Waals surface area contributed by atoms with Gasteiger partial charge in [-0.25, -0.2) is 9.18 Å². The SMILES string of the molecule is C=CCOC12Oc3ccc(OCc4cccc(C)n4)cc3C3C(CCCCO)C(CCCCO)C=C(C(=NOC(C)(C)C)CC1N(Cc1ccc(F)cc1)C(=O)OC)C32. The van der Waals surface area contributed by atoms with E-state index in [0.717, 1.165) is 48.2 Å². The number of hydrogen-bond acceptors (Lipinski definition) is 10. The molecule has 2 aromatic carbocycles. The fraction of sp³-hybridized carbons (Fsp3) is 0.511. The van der Waals surface area contributed by atoms with Crippen molar-refractivity contribution in [2.24, 2.45) is 22.9 Å². The van der Waals surface area contributed by atoms with Crippen LogP contribution in [0, 0.1) is 30.5 Å². The molecule has 6 atom stereocenters. The van der Waals surface area contributed by atoms with E-state index in [0.29, 0.717) is 35.6 Å². The molecule has 11 nitrogen and oxygen atoms in total. The molecule has 3 aromatic rings. The Balaban J connectivity index is 1.59. The van der Waals surface area contributed by atoms with E-state index < -0.39 is 29.4 Å². The van der Waals surface area contributed by atoms with Gasteiger partial charge >= 0.3 is 6.09 Å². The topological polar surface area (TPSA) is 132 Å². The maximum Gasteiger partial charge on any atom is 0.410 e. The molecule has 2 N–H and O–H groups in total. The van der Waals surface area contributed by atoms with Crippen LogP contribution in [0.2, 0.25) is 0 Å². The van der Waals surface area contributed by atoms with Gasteiger partial charge in [0.2, 0.25) is 5.79 Å². The number of aromatic nitrogens is 1. The molecule has 0 bridgehead atoms. The van der Waals surface area contributed by atoms with E-state index in [2.05, 4.69) is 23.7 Å². The van der Waals surface area contributed by atoms with Crippen LogP contribution in [-0.2, 0) is 27.5 Å². The number of carbonyl (C=O) groups excluding carboxylic acids is 1. The van der Waals surface area contributed by atoms with E-state index in [1.165, 1.54) is 19.2 Å². The number of amides is 1. The molecular weight excluding hydrogens is 754 g/mol. The lowest BCUT2D eigenvalue weighted by Crippen LogP contribution is -2.70. The van der Waals surface area contributed by atoms with Gasteiger partial charge in [-0.05, 0) is 119 Å². The highest BCUT2D eigenvalue weighted by molar-refractivity contribution is 6.03. The molecule has 1 aromatic heterocycles. The van der Waals surface area contributed by atoms with Gasteiger partial charge in [0.05, 0.1) is 31.0 Å². The van der Waals surface area contributed by atoms with Crippen LogP contribution in [0.4, 0.5) is 9.18 Å². The fourth-order valence-electron chi connectivity index (χ4n) is 8.97. The highest BCUT2D eigenvalue weighted by Crippen LogP contribution is 2.62. The average Bonchev–Trinajstić information content (AvgIpc) is 3.22. The predicted octanol–water partition coefficient (Wildman–Crippen LogP) is 8.81. The van der Waals surface area contributed by atoms with E-state index in [1.807, 2.05) is 58.0 Å². The molecule has 1 amide bonds. The van der Waals surface area contributed by atoms with Gasteiger partial charge in [0, 0.05) is 43.4 Å². The molecule has 0 radical (unpaired) electrons. The van der Waals surface area contributed by atoms with E-state index in [9.17, 15) is 19.4 Å². The zero-order valence-electron chi connectivity index (χ0n) is 35.1. The monoisotopic (exact) mass is 813 g/mol. The third kappa shape index (κ3) is 10.2. The highest BCUT2D eigenvalue weighted by Gasteiger charge is 2.65. The summed E-state index contributed by atoms with van der Waals surface area (Å²) in [5, 5.41) is 24.7. The van der Waals surface area contributed by atoms with Crippen LogP contribution in [0.15, 0.2) is 90.1 Å². The molecule has 2 heterocycles. The minimum Gasteiger partial charge on any atom is -0.487 e. The van der Waals surface area contributed by atoms with Crippen LogP contribution in [0.25, 0.3) is 0 Å². The quantitative estimate of drug-likeness (QED) is 0.0735. The number of methoxy groups -OCH3 is 1. The number of benzene rings is 2. The highest BCUT2D eigenvalue weighted by atomic mass is 19.1. The standard InChI is InChI=1S/C47H60FN3O8/c1-7-25-57-47-42(51(45(54)55-6)29-32-17-19-34(48)20-18-32)28-40(50-59-46(3,4)5)38-26-33(14-8-10-23-52)37(16-9-11-24-53)43(44(38)47)39-27-36(21-22-41(39)58-47)56-30-35-15-12-13-31(2)49-35/h7,12-13,15,17-22,26-27,33,37,42-44,52-53H,1,8-11,14,16,23-25,28-30H2,2-6H3. The molecule has 6 unspecified atom stereocenters. The number of aryl methyl sites for hydroxylation is 1. The van der Waals surface area contributed by atoms with Crippen molar-refractivity contribution in [1.29, 1.82) is 0 Å². The molecule has 2 aliphatic carbocycles. The number of ether oxygens (including phenoxy) is 4. The lowest BCUT2D eigenvalue weighted by atomic mass is 9.55. The molecule has 1 saturated carbocycles. The van der Waals surface area contributed by atoms with Gasteiger partial charge in [-0.15, -0.1) is 6.58 Å². The van der Waals surface area contributed by atoms with Crippen molar-refractivity contribution < 1.29 is 43.2 Å². The second-order valence-corrected chi connectivity index (χ2v) is 16.8. The van der Waals surface area contributed by atoms with Crippen molar-refractivity contribution in [2.75, 3.05) is 26.9 Å². The Morgan fingerprint density at radius 1 is 1.07 bits per heavy atom. The number of hydrogen-bond donors (Lipinski definition) is 2. The van der Waals surface area contributed by atoms with Crippen molar-refractivity contribution in [3.8, 4) is 11.5 Å². The van der Waals surface area contributed by atoms with Gasteiger partial charge < -0.3 is 34.0 Å². The third-order valence-electron chi connectivity index (χ3n) is 11.5. The van der Waals surface area contributed by atoms with Gasteiger partial charge in [-0.3, -0.25) is 9.88 Å². The zero-order valence-corrected chi connectivity index (χ0v) is 35.1. The van der Waals surface area contributed by atoms with Crippen molar-refractivity contribution in [1.82, 2.24) is 9.88 Å². The second-order valence-electron chi connectivity index (χ2n) is 16.8. The largest absolute Gasteiger partial charge is 0.487 e. The summed E-state index contributed by atoms with van der Waals surface area (Å²) in [5.74, 6) is -1.28. The number of aliphatic hydroxyl groups excluding tert-OH is 2. The number of allylic oxidation sites excluding steroid dienone is 1. The number of nitrogens with zero attached hydrogens (tertiary/aromatic N) is 3. The molecule has 59 heavy (non-hydrogen) atoms. The summed E-state index contributed by atoms with van der Waals surface area (Å²) >= 11 is 0. The number of unbranched alkanes of at least 4 members (excludes halogenated alkanes) is 2. The number of oxime groups is 1. The summed E-state index contributed by atoms with van der Waals surface area (Å²) in [6.45, 7) is 12.4. The first-order valence-corrected chi connectivity index (χ1v) is 20.8. The van der Waals surface area contributed by atoms with Gasteiger partial charge in [0.1, 0.15) is 35.6 Å². The number of rotatable bonds is 18. The summed E-state index contributed by atoms with van der Waals surface area (Å²) in [4.78, 5) is 26.6. The lowest BCUT2D eigenvalue weighted by Gasteiger charge is -2.59. The minimum absolute atomic E-state index is 0.0317. The van der Waals surface area contributed by atoms with Crippen molar-refractivity contribution in [3.05, 3.63) is 113 Å². The summed E-state index contributed by atoms with van der Waals surface area (Å²) in [7, 11) is 1.34. The van der Waals surface area contributed by atoms with Crippen LogP contribution in [0.5, 0.6) is 11.5 Å². The predicted molar refractivity (Wildman–Crippen MR) is 223 cm³/mol. The maximum absolute atomic E-state index is 14.2. The Morgan fingerprint density at radius 3 is 2.49 bits per heavy atom. The fourth-order valence-corrected chi connectivity index (χ4v) is 8.97.